The molecule has 0 unspecified atom stereocenters. The molecular formula is C24H25N5O3S. The van der Waals surface area contributed by atoms with Crippen LogP contribution in [0.4, 0.5) is 5.82 Å². The van der Waals surface area contributed by atoms with Crippen LogP contribution in [-0.4, -0.2) is 45.1 Å². The van der Waals surface area contributed by atoms with Crippen LogP contribution in [0.3, 0.4) is 0 Å². The molecule has 0 radical (unpaired) electrons. The van der Waals surface area contributed by atoms with E-state index in [9.17, 15) is 14.9 Å². The number of nitrogens with zero attached hydrogens (tertiary/aromatic N) is 4. The average molecular weight is 464 g/mol. The summed E-state index contributed by atoms with van der Waals surface area (Å²) in [5, 5.41) is 13.2. The van der Waals surface area contributed by atoms with Gasteiger partial charge in [0.25, 0.3) is 5.91 Å². The van der Waals surface area contributed by atoms with Gasteiger partial charge in [0, 0.05) is 25.0 Å². The number of furan rings is 1. The predicted octanol–water partition coefficient (Wildman–Crippen LogP) is 3.98. The number of pyridine rings is 1. The Morgan fingerprint density at radius 1 is 1.24 bits per heavy atom. The SMILES string of the molecule is Cc1c(C#N)c(NC(=O)CSc2ccc(C(=O)N3CCCC3)cn2)n(Cc2ccco2)c1C. The molecule has 0 atom stereocenters. The lowest BCUT2D eigenvalue weighted by atomic mass is 10.2. The first-order valence-corrected chi connectivity index (χ1v) is 11.8. The monoisotopic (exact) mass is 463 g/mol. The smallest absolute Gasteiger partial charge is 0.255 e. The summed E-state index contributed by atoms with van der Waals surface area (Å²) in [4.78, 5) is 31.3. The molecule has 0 aromatic carbocycles. The van der Waals surface area contributed by atoms with E-state index in [-0.39, 0.29) is 17.6 Å². The molecule has 4 rings (SSSR count). The van der Waals surface area contributed by atoms with Gasteiger partial charge in [-0.1, -0.05) is 11.8 Å². The second-order valence-electron chi connectivity index (χ2n) is 7.93. The van der Waals surface area contributed by atoms with Crippen LogP contribution in [0.5, 0.6) is 0 Å². The Bertz CT molecular complexity index is 1190. The van der Waals surface area contributed by atoms with Crippen molar-refractivity contribution in [2.75, 3.05) is 24.2 Å². The summed E-state index contributed by atoms with van der Waals surface area (Å²) < 4.78 is 7.32. The number of hydrogen-bond donors (Lipinski definition) is 1. The summed E-state index contributed by atoms with van der Waals surface area (Å²) in [7, 11) is 0. The number of thioether (sulfide) groups is 1. The maximum absolute atomic E-state index is 12.7. The first-order valence-electron chi connectivity index (χ1n) is 10.8. The van der Waals surface area contributed by atoms with Crippen molar-refractivity contribution in [3.63, 3.8) is 0 Å². The molecule has 0 spiro atoms. The zero-order chi connectivity index (χ0) is 23.4. The molecule has 1 aliphatic heterocycles. The zero-order valence-electron chi connectivity index (χ0n) is 18.6. The second kappa shape index (κ2) is 9.96. The normalized spacial score (nSPS) is 13.2. The summed E-state index contributed by atoms with van der Waals surface area (Å²) in [6.45, 7) is 5.78. The third kappa shape index (κ3) is 4.96. The summed E-state index contributed by atoms with van der Waals surface area (Å²) in [6, 6.07) is 9.37. The van der Waals surface area contributed by atoms with Crippen molar-refractivity contribution in [3.05, 3.63) is 64.9 Å². The molecule has 0 saturated carbocycles. The Balaban J connectivity index is 1.41. The molecule has 9 heteroatoms. The van der Waals surface area contributed by atoms with Crippen LogP contribution >= 0.6 is 11.8 Å². The Morgan fingerprint density at radius 2 is 2.03 bits per heavy atom. The molecular weight excluding hydrogens is 438 g/mol. The van der Waals surface area contributed by atoms with Gasteiger partial charge in [0.2, 0.25) is 5.91 Å². The van der Waals surface area contributed by atoms with Crippen LogP contribution in [0.25, 0.3) is 0 Å². The number of amides is 2. The largest absolute Gasteiger partial charge is 0.467 e. The van der Waals surface area contributed by atoms with Crippen molar-refractivity contribution in [1.29, 1.82) is 5.26 Å². The van der Waals surface area contributed by atoms with Gasteiger partial charge in [-0.15, -0.1) is 0 Å². The molecule has 170 valence electrons. The van der Waals surface area contributed by atoms with Crippen LogP contribution in [0.1, 0.15) is 45.8 Å². The maximum Gasteiger partial charge on any atom is 0.255 e. The zero-order valence-corrected chi connectivity index (χ0v) is 19.4. The molecule has 1 fully saturated rings. The third-order valence-corrected chi connectivity index (χ3v) is 6.76. The van der Waals surface area contributed by atoms with Gasteiger partial charge in [0.15, 0.2) is 0 Å². The number of carbonyl (C=O) groups excluding carboxylic acids is 2. The molecule has 4 heterocycles. The summed E-state index contributed by atoms with van der Waals surface area (Å²) in [6.07, 6.45) is 5.24. The maximum atomic E-state index is 12.7. The lowest BCUT2D eigenvalue weighted by molar-refractivity contribution is -0.113. The van der Waals surface area contributed by atoms with E-state index in [4.69, 9.17) is 4.42 Å². The van der Waals surface area contributed by atoms with Crippen molar-refractivity contribution >= 4 is 29.4 Å². The van der Waals surface area contributed by atoms with E-state index in [1.165, 1.54) is 11.8 Å². The highest BCUT2D eigenvalue weighted by Crippen LogP contribution is 2.28. The first kappa shape index (κ1) is 22.7. The summed E-state index contributed by atoms with van der Waals surface area (Å²) >= 11 is 1.28. The standard InChI is InChI=1S/C24H25N5O3S/c1-16-17(2)29(14-19-6-5-11-32-19)23(20(16)12-25)27-21(30)15-33-22-8-7-18(13-26-22)24(31)28-9-3-4-10-28/h5-8,11,13H,3-4,9-10,14-15H2,1-2H3,(H,27,30). The van der Waals surface area contributed by atoms with E-state index in [0.29, 0.717) is 28.5 Å². The van der Waals surface area contributed by atoms with Crippen LogP contribution in [0.2, 0.25) is 0 Å². The Hall–Kier alpha value is -3.51. The fourth-order valence-corrected chi connectivity index (χ4v) is 4.53. The minimum absolute atomic E-state index is 0.00128. The van der Waals surface area contributed by atoms with Crippen LogP contribution in [-0.2, 0) is 11.3 Å². The van der Waals surface area contributed by atoms with Crippen molar-refractivity contribution in [2.24, 2.45) is 0 Å². The van der Waals surface area contributed by atoms with Crippen molar-refractivity contribution in [1.82, 2.24) is 14.5 Å². The molecule has 33 heavy (non-hydrogen) atoms. The number of nitrogens with one attached hydrogen (secondary N) is 1. The Labute approximate surface area is 196 Å². The van der Waals surface area contributed by atoms with Crippen molar-refractivity contribution < 1.29 is 14.0 Å². The number of hydrogen-bond acceptors (Lipinski definition) is 6. The molecule has 3 aromatic heterocycles. The molecule has 1 aliphatic rings. The van der Waals surface area contributed by atoms with Crippen LogP contribution in [0.15, 0.2) is 46.2 Å². The van der Waals surface area contributed by atoms with Gasteiger partial charge in [-0.2, -0.15) is 5.26 Å². The Morgan fingerprint density at radius 3 is 2.67 bits per heavy atom. The van der Waals surface area contributed by atoms with Crippen molar-refractivity contribution in [2.45, 2.75) is 38.3 Å². The number of nitriles is 1. The van der Waals surface area contributed by atoms with E-state index in [1.807, 2.05) is 29.4 Å². The number of rotatable bonds is 7. The van der Waals surface area contributed by atoms with Gasteiger partial charge in [-0.05, 0) is 56.5 Å². The van der Waals surface area contributed by atoms with Crippen LogP contribution < -0.4 is 5.32 Å². The van der Waals surface area contributed by atoms with Gasteiger partial charge < -0.3 is 19.2 Å². The fraction of sp³-hybridized carbons (Fsp3) is 0.333. The molecule has 8 nitrogen and oxygen atoms in total. The highest BCUT2D eigenvalue weighted by atomic mass is 32.2. The van der Waals surface area contributed by atoms with E-state index in [1.54, 1.807) is 30.7 Å². The highest BCUT2D eigenvalue weighted by Gasteiger charge is 2.21. The molecule has 1 N–H and O–H groups in total. The number of likely N-dealkylation sites (tertiary alicyclic amines) is 1. The van der Waals surface area contributed by atoms with Crippen LogP contribution in [0, 0.1) is 25.2 Å². The predicted molar refractivity (Wildman–Crippen MR) is 125 cm³/mol. The number of carbonyl (C=O) groups is 2. The molecule has 3 aromatic rings. The van der Waals surface area contributed by atoms with Gasteiger partial charge in [0.05, 0.1) is 34.7 Å². The van der Waals surface area contributed by atoms with E-state index >= 15 is 0 Å². The van der Waals surface area contributed by atoms with Crippen molar-refractivity contribution in [3.8, 4) is 6.07 Å². The molecule has 1 saturated heterocycles. The lowest BCUT2D eigenvalue weighted by Crippen LogP contribution is -2.27. The average Bonchev–Trinajstić information content (AvgIpc) is 3.58. The highest BCUT2D eigenvalue weighted by molar-refractivity contribution is 7.99. The van der Waals surface area contributed by atoms with E-state index in [0.717, 1.165) is 42.9 Å². The fourth-order valence-electron chi connectivity index (χ4n) is 3.89. The van der Waals surface area contributed by atoms with Gasteiger partial charge >= 0.3 is 0 Å². The third-order valence-electron chi connectivity index (χ3n) is 5.82. The molecule has 0 bridgehead atoms. The second-order valence-corrected chi connectivity index (χ2v) is 8.93. The minimum Gasteiger partial charge on any atom is -0.467 e. The number of aromatic nitrogens is 2. The Kier molecular flexibility index (Phi) is 6.84. The van der Waals surface area contributed by atoms with Gasteiger partial charge in [-0.3, -0.25) is 9.59 Å². The topological polar surface area (TPSA) is 104 Å². The van der Waals surface area contributed by atoms with E-state index in [2.05, 4.69) is 16.4 Å². The lowest BCUT2D eigenvalue weighted by Gasteiger charge is -2.15. The minimum atomic E-state index is -0.242. The summed E-state index contributed by atoms with van der Waals surface area (Å²) in [5.74, 6) is 1.08. The molecule has 0 aliphatic carbocycles. The quantitative estimate of drug-likeness (QED) is 0.532. The summed E-state index contributed by atoms with van der Waals surface area (Å²) in [5.41, 5.74) is 2.73. The van der Waals surface area contributed by atoms with Gasteiger partial charge in [-0.25, -0.2) is 4.98 Å². The first-order chi connectivity index (χ1) is 16.0. The molecule has 2 amide bonds. The van der Waals surface area contributed by atoms with E-state index < -0.39 is 0 Å². The number of anilines is 1. The van der Waals surface area contributed by atoms with Gasteiger partial charge in [0.1, 0.15) is 17.6 Å².